The molecule has 0 radical (unpaired) electrons. The second kappa shape index (κ2) is 6.89. The minimum absolute atomic E-state index is 0.137. The van der Waals surface area contributed by atoms with E-state index in [1.165, 1.54) is 37.7 Å². The minimum atomic E-state index is -0.137. The van der Waals surface area contributed by atoms with Crippen molar-refractivity contribution in [1.82, 2.24) is 10.2 Å². The molecule has 1 N–H and O–H groups in total. The lowest BCUT2D eigenvalue weighted by atomic mass is 9.81. The van der Waals surface area contributed by atoms with Gasteiger partial charge in [0.15, 0.2) is 0 Å². The average molecular weight is 290 g/mol. The van der Waals surface area contributed by atoms with Crippen molar-refractivity contribution in [3.63, 3.8) is 0 Å². The highest BCUT2D eigenvalue weighted by atomic mass is 19.1. The van der Waals surface area contributed by atoms with Crippen LogP contribution in [0.2, 0.25) is 0 Å². The summed E-state index contributed by atoms with van der Waals surface area (Å²) in [4.78, 5) is 2.74. The Kier molecular flexibility index (Phi) is 4.91. The first-order valence-electron chi connectivity index (χ1n) is 8.50. The Labute approximate surface area is 127 Å². The van der Waals surface area contributed by atoms with E-state index < -0.39 is 0 Å². The maximum absolute atomic E-state index is 13.0. The third-order valence-electron chi connectivity index (χ3n) is 5.19. The van der Waals surface area contributed by atoms with E-state index >= 15 is 0 Å². The van der Waals surface area contributed by atoms with E-state index in [0.29, 0.717) is 6.04 Å². The first-order chi connectivity index (χ1) is 10.3. The molecule has 3 rings (SSSR count). The van der Waals surface area contributed by atoms with E-state index in [2.05, 4.69) is 17.1 Å². The molecule has 1 aromatic carbocycles. The van der Waals surface area contributed by atoms with Gasteiger partial charge >= 0.3 is 0 Å². The normalized spacial score (nSPS) is 29.5. The molecule has 2 saturated heterocycles. The highest BCUT2D eigenvalue weighted by molar-refractivity contribution is 5.16. The molecule has 2 bridgehead atoms. The van der Waals surface area contributed by atoms with Gasteiger partial charge in [0, 0.05) is 24.7 Å². The molecule has 2 heterocycles. The molecule has 2 unspecified atom stereocenters. The van der Waals surface area contributed by atoms with Gasteiger partial charge in [-0.15, -0.1) is 0 Å². The van der Waals surface area contributed by atoms with Crippen LogP contribution in [0, 0.1) is 5.82 Å². The van der Waals surface area contributed by atoms with Gasteiger partial charge in [-0.3, -0.25) is 4.90 Å². The number of fused-ring (bicyclic) bond motifs is 2. The predicted octanol–water partition coefficient (Wildman–Crippen LogP) is 3.36. The molecule has 3 heteroatoms. The van der Waals surface area contributed by atoms with Gasteiger partial charge in [0.1, 0.15) is 5.82 Å². The summed E-state index contributed by atoms with van der Waals surface area (Å²) in [7, 11) is 0. The second-order valence-corrected chi connectivity index (χ2v) is 6.58. The molecule has 0 aliphatic carbocycles. The standard InChI is InChI=1S/C18H27FN2/c1-2-20-16-12-17-4-3-5-18(13-16)21(17)11-10-14-6-8-15(19)9-7-14/h6-9,16-18,20H,2-5,10-13H2,1H3. The van der Waals surface area contributed by atoms with Gasteiger partial charge in [-0.25, -0.2) is 4.39 Å². The minimum Gasteiger partial charge on any atom is -0.314 e. The number of benzene rings is 1. The lowest BCUT2D eigenvalue weighted by molar-refractivity contribution is 0.0260. The van der Waals surface area contributed by atoms with Gasteiger partial charge in [-0.2, -0.15) is 0 Å². The van der Waals surface area contributed by atoms with Crippen molar-refractivity contribution in [2.24, 2.45) is 0 Å². The van der Waals surface area contributed by atoms with Gasteiger partial charge in [0.25, 0.3) is 0 Å². The molecule has 0 saturated carbocycles. The lowest BCUT2D eigenvalue weighted by Gasteiger charge is -2.49. The van der Waals surface area contributed by atoms with Crippen LogP contribution in [0.4, 0.5) is 4.39 Å². The topological polar surface area (TPSA) is 15.3 Å². The average Bonchev–Trinajstić information content (AvgIpc) is 2.47. The highest BCUT2D eigenvalue weighted by Crippen LogP contribution is 2.34. The number of rotatable bonds is 5. The van der Waals surface area contributed by atoms with Crippen LogP contribution >= 0.6 is 0 Å². The summed E-state index contributed by atoms with van der Waals surface area (Å²) in [5.41, 5.74) is 1.25. The molecule has 2 aliphatic heterocycles. The van der Waals surface area contributed by atoms with Crippen molar-refractivity contribution >= 4 is 0 Å². The Hall–Kier alpha value is -0.930. The lowest BCUT2D eigenvalue weighted by Crippen LogP contribution is -2.56. The van der Waals surface area contributed by atoms with Gasteiger partial charge in [-0.1, -0.05) is 25.5 Å². The molecule has 116 valence electrons. The third kappa shape index (κ3) is 3.64. The number of hydrogen-bond donors (Lipinski definition) is 1. The molecule has 0 spiro atoms. The smallest absolute Gasteiger partial charge is 0.123 e. The molecule has 0 amide bonds. The van der Waals surface area contributed by atoms with Crippen molar-refractivity contribution in [1.29, 1.82) is 0 Å². The van der Waals surface area contributed by atoms with Crippen molar-refractivity contribution in [2.75, 3.05) is 13.1 Å². The molecule has 21 heavy (non-hydrogen) atoms. The van der Waals surface area contributed by atoms with Crippen LogP contribution in [0.15, 0.2) is 24.3 Å². The van der Waals surface area contributed by atoms with E-state index in [4.69, 9.17) is 0 Å². The van der Waals surface area contributed by atoms with Gasteiger partial charge < -0.3 is 5.32 Å². The zero-order chi connectivity index (χ0) is 14.7. The largest absolute Gasteiger partial charge is 0.314 e. The van der Waals surface area contributed by atoms with Crippen LogP contribution in [0.3, 0.4) is 0 Å². The monoisotopic (exact) mass is 290 g/mol. The van der Waals surface area contributed by atoms with Crippen molar-refractivity contribution in [3.05, 3.63) is 35.6 Å². The fraction of sp³-hybridized carbons (Fsp3) is 0.667. The van der Waals surface area contributed by atoms with Gasteiger partial charge in [0.05, 0.1) is 0 Å². The summed E-state index contributed by atoms with van der Waals surface area (Å²) in [6.07, 6.45) is 7.73. The first-order valence-corrected chi connectivity index (χ1v) is 8.50. The summed E-state index contributed by atoms with van der Waals surface area (Å²) in [5, 5.41) is 3.65. The number of halogens is 1. The zero-order valence-corrected chi connectivity index (χ0v) is 13.0. The summed E-state index contributed by atoms with van der Waals surface area (Å²) >= 11 is 0. The number of nitrogens with one attached hydrogen (secondary N) is 1. The fourth-order valence-electron chi connectivity index (χ4n) is 4.21. The Bertz CT molecular complexity index is 431. The van der Waals surface area contributed by atoms with Crippen LogP contribution in [0.5, 0.6) is 0 Å². The van der Waals surface area contributed by atoms with E-state index in [0.717, 1.165) is 31.6 Å². The van der Waals surface area contributed by atoms with E-state index in [9.17, 15) is 4.39 Å². The highest BCUT2D eigenvalue weighted by Gasteiger charge is 2.37. The van der Waals surface area contributed by atoms with Crippen molar-refractivity contribution in [3.8, 4) is 0 Å². The van der Waals surface area contributed by atoms with Crippen molar-refractivity contribution in [2.45, 2.75) is 63.6 Å². The third-order valence-corrected chi connectivity index (χ3v) is 5.19. The Morgan fingerprint density at radius 3 is 2.43 bits per heavy atom. The van der Waals surface area contributed by atoms with Crippen LogP contribution in [-0.4, -0.2) is 36.1 Å². The molecule has 2 atom stereocenters. The van der Waals surface area contributed by atoms with Crippen LogP contribution in [0.1, 0.15) is 44.6 Å². The van der Waals surface area contributed by atoms with Gasteiger partial charge in [0.2, 0.25) is 0 Å². The van der Waals surface area contributed by atoms with Crippen LogP contribution < -0.4 is 5.32 Å². The van der Waals surface area contributed by atoms with E-state index in [1.54, 1.807) is 12.1 Å². The fourth-order valence-corrected chi connectivity index (χ4v) is 4.21. The Morgan fingerprint density at radius 1 is 1.14 bits per heavy atom. The second-order valence-electron chi connectivity index (χ2n) is 6.58. The van der Waals surface area contributed by atoms with Crippen LogP contribution in [-0.2, 0) is 6.42 Å². The quantitative estimate of drug-likeness (QED) is 0.894. The molecule has 0 aromatic heterocycles. The summed E-state index contributed by atoms with van der Waals surface area (Å²) in [5.74, 6) is -0.137. The molecule has 2 aliphatic rings. The Morgan fingerprint density at radius 2 is 1.81 bits per heavy atom. The van der Waals surface area contributed by atoms with E-state index in [-0.39, 0.29) is 5.82 Å². The van der Waals surface area contributed by atoms with Crippen LogP contribution in [0.25, 0.3) is 0 Å². The number of piperidine rings is 2. The predicted molar refractivity (Wildman–Crippen MR) is 84.9 cm³/mol. The number of hydrogen-bond acceptors (Lipinski definition) is 2. The maximum atomic E-state index is 13.0. The number of nitrogens with zero attached hydrogens (tertiary/aromatic N) is 1. The Balaban J connectivity index is 1.59. The molecule has 1 aromatic rings. The summed E-state index contributed by atoms with van der Waals surface area (Å²) < 4.78 is 13.0. The first kappa shape index (κ1) is 15.0. The zero-order valence-electron chi connectivity index (χ0n) is 13.0. The summed E-state index contributed by atoms with van der Waals surface area (Å²) in [6.45, 7) is 4.41. The molecule has 2 nitrogen and oxygen atoms in total. The van der Waals surface area contributed by atoms with E-state index in [1.807, 2.05) is 12.1 Å². The molecular formula is C18H27FN2. The molecular weight excluding hydrogens is 263 g/mol. The SMILES string of the molecule is CCNC1CC2CCCC(C1)N2CCc1ccc(F)cc1. The maximum Gasteiger partial charge on any atom is 0.123 e. The summed E-state index contributed by atoms with van der Waals surface area (Å²) in [6, 6.07) is 9.23. The van der Waals surface area contributed by atoms with Crippen molar-refractivity contribution < 1.29 is 4.39 Å². The van der Waals surface area contributed by atoms with Gasteiger partial charge in [-0.05, 0) is 56.3 Å². The molecule has 2 fully saturated rings.